The van der Waals surface area contributed by atoms with E-state index >= 15 is 0 Å². The summed E-state index contributed by atoms with van der Waals surface area (Å²) < 4.78 is 5.31. The van der Waals surface area contributed by atoms with E-state index in [0.717, 1.165) is 35.2 Å². The number of hydrogen-bond acceptors (Lipinski definition) is 3. The minimum Gasteiger partial charge on any atom is -0.360 e. The number of rotatable bonds is 5. The van der Waals surface area contributed by atoms with Gasteiger partial charge in [0.2, 0.25) is 0 Å². The van der Waals surface area contributed by atoms with Gasteiger partial charge in [-0.1, -0.05) is 67.5 Å². The fourth-order valence-electron chi connectivity index (χ4n) is 3.01. The molecule has 0 aliphatic carbocycles. The van der Waals surface area contributed by atoms with Crippen LogP contribution in [0, 0.1) is 6.92 Å². The first kappa shape index (κ1) is 17.0. The van der Waals surface area contributed by atoms with Crippen molar-refractivity contribution in [2.24, 2.45) is 0 Å². The number of para-hydroxylation sites is 1. The smallest absolute Gasteiger partial charge is 0.261 e. The third kappa shape index (κ3) is 3.33. The van der Waals surface area contributed by atoms with Gasteiger partial charge in [0.05, 0.1) is 0 Å². The van der Waals surface area contributed by atoms with Crippen molar-refractivity contribution in [2.45, 2.75) is 33.6 Å². The summed E-state index contributed by atoms with van der Waals surface area (Å²) in [5.74, 6) is 0.330. The first-order valence-electron chi connectivity index (χ1n) is 8.59. The fraction of sp³-hybridized carbons (Fsp3) is 0.238. The normalized spacial score (nSPS) is 10.7. The third-order valence-corrected chi connectivity index (χ3v) is 4.37. The lowest BCUT2D eigenvalue weighted by Gasteiger charge is -2.14. The molecule has 0 radical (unpaired) electrons. The van der Waals surface area contributed by atoms with Gasteiger partial charge in [0, 0.05) is 11.3 Å². The highest BCUT2D eigenvalue weighted by atomic mass is 16.5. The van der Waals surface area contributed by atoms with Crippen molar-refractivity contribution in [2.75, 3.05) is 5.32 Å². The van der Waals surface area contributed by atoms with E-state index in [1.165, 1.54) is 0 Å². The molecule has 4 nitrogen and oxygen atoms in total. The Morgan fingerprint density at radius 1 is 1.00 bits per heavy atom. The monoisotopic (exact) mass is 334 g/mol. The number of nitrogens with one attached hydrogen (secondary N) is 1. The molecule has 0 saturated heterocycles. The summed E-state index contributed by atoms with van der Waals surface area (Å²) in [5, 5.41) is 7.19. The van der Waals surface area contributed by atoms with E-state index in [1.807, 2.05) is 48.5 Å². The van der Waals surface area contributed by atoms with Crippen molar-refractivity contribution in [1.29, 1.82) is 0 Å². The number of amides is 1. The molecule has 1 heterocycles. The summed E-state index contributed by atoms with van der Waals surface area (Å²) >= 11 is 0. The van der Waals surface area contributed by atoms with Gasteiger partial charge in [-0.2, -0.15) is 0 Å². The molecule has 0 atom stereocenters. The molecule has 0 spiro atoms. The van der Waals surface area contributed by atoms with Crippen LogP contribution in [-0.2, 0) is 12.8 Å². The van der Waals surface area contributed by atoms with Crippen molar-refractivity contribution >= 4 is 11.6 Å². The first-order valence-corrected chi connectivity index (χ1v) is 8.59. The van der Waals surface area contributed by atoms with Crippen molar-refractivity contribution in [3.8, 4) is 11.3 Å². The number of hydrogen-bond donors (Lipinski definition) is 1. The number of carbonyl (C=O) groups excluding carboxylic acids is 1. The van der Waals surface area contributed by atoms with Gasteiger partial charge in [-0.05, 0) is 30.9 Å². The predicted molar refractivity (Wildman–Crippen MR) is 99.8 cm³/mol. The van der Waals surface area contributed by atoms with E-state index in [-0.39, 0.29) is 5.91 Å². The molecule has 0 aliphatic heterocycles. The SMILES string of the molecule is CCc1cccc(CC)c1NC(=O)c1c(-c2ccccc2)noc1C. The summed E-state index contributed by atoms with van der Waals surface area (Å²) in [6.07, 6.45) is 1.72. The maximum absolute atomic E-state index is 13.0. The maximum atomic E-state index is 13.0. The van der Waals surface area contributed by atoms with Crippen LogP contribution in [0.4, 0.5) is 5.69 Å². The Kier molecular flexibility index (Phi) is 4.98. The molecule has 0 bridgehead atoms. The van der Waals surface area contributed by atoms with Gasteiger partial charge in [-0.15, -0.1) is 0 Å². The van der Waals surface area contributed by atoms with Crippen LogP contribution in [0.1, 0.15) is 41.1 Å². The predicted octanol–water partition coefficient (Wildman–Crippen LogP) is 5.03. The Morgan fingerprint density at radius 3 is 2.24 bits per heavy atom. The van der Waals surface area contributed by atoms with Gasteiger partial charge < -0.3 is 9.84 Å². The number of aryl methyl sites for hydroxylation is 3. The molecule has 25 heavy (non-hydrogen) atoms. The number of anilines is 1. The Balaban J connectivity index is 2.00. The van der Waals surface area contributed by atoms with Gasteiger partial charge in [0.25, 0.3) is 5.91 Å². The minimum atomic E-state index is -0.187. The van der Waals surface area contributed by atoms with E-state index in [2.05, 4.69) is 24.3 Å². The molecule has 2 aromatic carbocycles. The Labute approximate surface area is 147 Å². The highest BCUT2D eigenvalue weighted by Gasteiger charge is 2.22. The standard InChI is InChI=1S/C21H22N2O2/c1-4-15-12-9-13-16(5-2)19(15)22-21(24)18-14(3)25-23-20(18)17-10-7-6-8-11-17/h6-13H,4-5H2,1-3H3,(H,22,24). The molecule has 1 aromatic heterocycles. The van der Waals surface area contributed by atoms with Crippen LogP contribution in [0.5, 0.6) is 0 Å². The average Bonchev–Trinajstić information content (AvgIpc) is 3.04. The summed E-state index contributed by atoms with van der Waals surface area (Å²) in [7, 11) is 0. The van der Waals surface area contributed by atoms with Gasteiger partial charge in [0.15, 0.2) is 0 Å². The van der Waals surface area contributed by atoms with Gasteiger partial charge in [-0.25, -0.2) is 0 Å². The van der Waals surface area contributed by atoms with E-state index < -0.39 is 0 Å². The van der Waals surface area contributed by atoms with Crippen molar-refractivity contribution in [3.05, 3.63) is 71.0 Å². The van der Waals surface area contributed by atoms with E-state index in [9.17, 15) is 4.79 Å². The zero-order chi connectivity index (χ0) is 17.8. The maximum Gasteiger partial charge on any atom is 0.261 e. The highest BCUT2D eigenvalue weighted by molar-refractivity contribution is 6.09. The van der Waals surface area contributed by atoms with Crippen LogP contribution in [0.3, 0.4) is 0 Å². The second kappa shape index (κ2) is 7.34. The van der Waals surface area contributed by atoms with E-state index in [1.54, 1.807) is 6.92 Å². The van der Waals surface area contributed by atoms with Gasteiger partial charge in [-0.3, -0.25) is 4.79 Å². The lowest BCUT2D eigenvalue weighted by molar-refractivity contribution is 0.102. The molecule has 0 unspecified atom stereocenters. The van der Waals surface area contributed by atoms with Crippen LogP contribution >= 0.6 is 0 Å². The zero-order valence-electron chi connectivity index (χ0n) is 14.8. The van der Waals surface area contributed by atoms with Crippen LogP contribution in [0.15, 0.2) is 53.1 Å². The summed E-state index contributed by atoms with van der Waals surface area (Å²) in [6.45, 7) is 5.94. The van der Waals surface area contributed by atoms with Crippen LogP contribution in [0.2, 0.25) is 0 Å². The topological polar surface area (TPSA) is 55.1 Å². The van der Waals surface area contributed by atoms with Gasteiger partial charge >= 0.3 is 0 Å². The summed E-state index contributed by atoms with van der Waals surface area (Å²) in [4.78, 5) is 13.0. The Bertz CT molecular complexity index is 860. The third-order valence-electron chi connectivity index (χ3n) is 4.37. The molecule has 3 rings (SSSR count). The van der Waals surface area contributed by atoms with Crippen LogP contribution in [0.25, 0.3) is 11.3 Å². The largest absolute Gasteiger partial charge is 0.360 e. The number of nitrogens with zero attached hydrogens (tertiary/aromatic N) is 1. The zero-order valence-corrected chi connectivity index (χ0v) is 14.8. The molecular formula is C21H22N2O2. The minimum absolute atomic E-state index is 0.187. The molecule has 4 heteroatoms. The van der Waals surface area contributed by atoms with Crippen LogP contribution in [-0.4, -0.2) is 11.1 Å². The molecule has 0 saturated carbocycles. The lowest BCUT2D eigenvalue weighted by Crippen LogP contribution is -2.16. The fourth-order valence-corrected chi connectivity index (χ4v) is 3.01. The lowest BCUT2D eigenvalue weighted by atomic mass is 10.0. The summed E-state index contributed by atoms with van der Waals surface area (Å²) in [5.41, 5.74) is 5.08. The molecule has 0 fully saturated rings. The number of carbonyl (C=O) groups is 1. The number of benzene rings is 2. The average molecular weight is 334 g/mol. The molecule has 1 amide bonds. The molecule has 1 N–H and O–H groups in total. The Hall–Kier alpha value is -2.88. The van der Waals surface area contributed by atoms with Crippen molar-refractivity contribution in [1.82, 2.24) is 5.16 Å². The quantitative estimate of drug-likeness (QED) is 0.712. The highest BCUT2D eigenvalue weighted by Crippen LogP contribution is 2.28. The van der Waals surface area contributed by atoms with E-state index in [0.29, 0.717) is 17.0 Å². The second-order valence-electron chi connectivity index (χ2n) is 5.94. The molecule has 3 aromatic rings. The molecular weight excluding hydrogens is 312 g/mol. The van der Waals surface area contributed by atoms with Crippen LogP contribution < -0.4 is 5.32 Å². The molecule has 0 aliphatic rings. The van der Waals surface area contributed by atoms with E-state index in [4.69, 9.17) is 4.52 Å². The summed E-state index contributed by atoms with van der Waals surface area (Å²) in [6, 6.07) is 15.7. The van der Waals surface area contributed by atoms with Crippen molar-refractivity contribution < 1.29 is 9.32 Å². The first-order chi connectivity index (χ1) is 12.2. The Morgan fingerprint density at radius 2 is 1.64 bits per heavy atom. The molecule has 128 valence electrons. The second-order valence-corrected chi connectivity index (χ2v) is 5.94. The van der Waals surface area contributed by atoms with Crippen molar-refractivity contribution in [3.63, 3.8) is 0 Å². The van der Waals surface area contributed by atoms with Gasteiger partial charge in [0.1, 0.15) is 17.0 Å². The number of aromatic nitrogens is 1.